The van der Waals surface area contributed by atoms with Crippen LogP contribution in [0.2, 0.25) is 0 Å². The molecule has 1 N–H and O–H groups in total. The molecule has 21 heavy (non-hydrogen) atoms. The van der Waals surface area contributed by atoms with Gasteiger partial charge in [-0.2, -0.15) is 0 Å². The molecule has 4 heteroatoms. The quantitative estimate of drug-likeness (QED) is 0.755. The fourth-order valence-corrected chi connectivity index (χ4v) is 2.41. The first-order chi connectivity index (χ1) is 10.3. The van der Waals surface area contributed by atoms with Gasteiger partial charge in [0.2, 0.25) is 0 Å². The van der Waals surface area contributed by atoms with Gasteiger partial charge in [-0.1, -0.05) is 36.4 Å². The lowest BCUT2D eigenvalue weighted by Gasteiger charge is -2.13. The van der Waals surface area contributed by atoms with Crippen molar-refractivity contribution in [1.82, 2.24) is 19.9 Å². The van der Waals surface area contributed by atoms with Crippen molar-refractivity contribution in [3.05, 3.63) is 66.1 Å². The smallest absolute Gasteiger partial charge is 0.160 e. The Kier molecular flexibility index (Phi) is 4.26. The second-order valence-electron chi connectivity index (χ2n) is 5.35. The zero-order chi connectivity index (χ0) is 14.5. The molecule has 1 aromatic carbocycles. The van der Waals surface area contributed by atoms with Crippen LogP contribution in [0.25, 0.3) is 5.65 Å². The summed E-state index contributed by atoms with van der Waals surface area (Å²) in [6, 6.07) is 17.0. The standard InChI is InChI=1S/C17H20N4/c1-14(10-11-15-7-3-2-4-8-15)18-13-17-20-19-16-9-5-6-12-21(16)17/h2-9,12,14,18H,10-11,13H2,1H3. The van der Waals surface area contributed by atoms with E-state index in [1.54, 1.807) is 0 Å². The highest BCUT2D eigenvalue weighted by atomic mass is 15.3. The predicted molar refractivity (Wildman–Crippen MR) is 84.1 cm³/mol. The van der Waals surface area contributed by atoms with Crippen LogP contribution in [-0.2, 0) is 13.0 Å². The maximum Gasteiger partial charge on any atom is 0.160 e. The average Bonchev–Trinajstić information content (AvgIpc) is 2.95. The second-order valence-corrected chi connectivity index (χ2v) is 5.35. The van der Waals surface area contributed by atoms with Crippen molar-refractivity contribution in [2.24, 2.45) is 0 Å². The van der Waals surface area contributed by atoms with E-state index in [2.05, 4.69) is 52.8 Å². The number of hydrogen-bond acceptors (Lipinski definition) is 3. The highest BCUT2D eigenvalue weighted by Crippen LogP contribution is 2.06. The molecule has 0 spiro atoms. The second kappa shape index (κ2) is 6.50. The topological polar surface area (TPSA) is 42.2 Å². The van der Waals surface area contributed by atoms with E-state index in [1.165, 1.54) is 5.56 Å². The van der Waals surface area contributed by atoms with Crippen LogP contribution < -0.4 is 5.32 Å². The summed E-state index contributed by atoms with van der Waals surface area (Å²) in [5.41, 5.74) is 2.28. The Morgan fingerprint density at radius 2 is 1.86 bits per heavy atom. The molecule has 0 aliphatic carbocycles. The summed E-state index contributed by atoms with van der Waals surface area (Å²) in [5.74, 6) is 0.956. The fraction of sp³-hybridized carbons (Fsp3) is 0.294. The SMILES string of the molecule is CC(CCc1ccccc1)NCc1nnc2ccccn12. The molecule has 0 bridgehead atoms. The summed E-state index contributed by atoms with van der Waals surface area (Å²) in [6.07, 6.45) is 4.21. The first kappa shape index (κ1) is 13.8. The van der Waals surface area contributed by atoms with Gasteiger partial charge in [0.1, 0.15) is 0 Å². The van der Waals surface area contributed by atoms with E-state index in [1.807, 2.05) is 28.8 Å². The van der Waals surface area contributed by atoms with E-state index in [9.17, 15) is 0 Å². The minimum absolute atomic E-state index is 0.446. The van der Waals surface area contributed by atoms with E-state index < -0.39 is 0 Å². The summed E-state index contributed by atoms with van der Waals surface area (Å²) >= 11 is 0. The molecule has 2 heterocycles. The number of benzene rings is 1. The zero-order valence-corrected chi connectivity index (χ0v) is 12.2. The van der Waals surface area contributed by atoms with Crippen LogP contribution in [0.4, 0.5) is 0 Å². The molecule has 2 aromatic heterocycles. The molecular weight excluding hydrogens is 260 g/mol. The van der Waals surface area contributed by atoms with Crippen LogP contribution in [0.5, 0.6) is 0 Å². The summed E-state index contributed by atoms with van der Waals surface area (Å²) < 4.78 is 2.02. The average molecular weight is 280 g/mol. The maximum atomic E-state index is 4.24. The summed E-state index contributed by atoms with van der Waals surface area (Å²) in [6.45, 7) is 2.95. The monoisotopic (exact) mass is 280 g/mol. The molecule has 0 aliphatic heterocycles. The van der Waals surface area contributed by atoms with Crippen molar-refractivity contribution in [2.75, 3.05) is 0 Å². The third kappa shape index (κ3) is 3.47. The minimum atomic E-state index is 0.446. The van der Waals surface area contributed by atoms with E-state index in [-0.39, 0.29) is 0 Å². The first-order valence-corrected chi connectivity index (χ1v) is 7.39. The summed E-state index contributed by atoms with van der Waals surface area (Å²) in [5, 5.41) is 11.9. The molecule has 1 unspecified atom stereocenters. The zero-order valence-electron chi connectivity index (χ0n) is 12.2. The van der Waals surface area contributed by atoms with Crippen molar-refractivity contribution in [3.8, 4) is 0 Å². The molecule has 0 radical (unpaired) electrons. The normalized spacial score (nSPS) is 12.6. The number of rotatable bonds is 6. The third-order valence-electron chi connectivity index (χ3n) is 3.70. The van der Waals surface area contributed by atoms with Gasteiger partial charge in [-0.25, -0.2) is 0 Å². The molecule has 0 fully saturated rings. The van der Waals surface area contributed by atoms with Gasteiger partial charge in [0.05, 0.1) is 6.54 Å². The number of nitrogens with one attached hydrogen (secondary N) is 1. The van der Waals surface area contributed by atoms with Crippen LogP contribution in [0.1, 0.15) is 24.7 Å². The van der Waals surface area contributed by atoms with E-state index in [4.69, 9.17) is 0 Å². The number of fused-ring (bicyclic) bond motifs is 1. The largest absolute Gasteiger partial charge is 0.307 e. The Morgan fingerprint density at radius 3 is 2.71 bits per heavy atom. The van der Waals surface area contributed by atoms with Gasteiger partial charge in [0, 0.05) is 12.2 Å². The van der Waals surface area contributed by atoms with Crippen LogP contribution in [0.15, 0.2) is 54.7 Å². The Bertz CT molecular complexity index is 690. The molecule has 1 atom stereocenters. The highest BCUT2D eigenvalue weighted by molar-refractivity contribution is 5.36. The summed E-state index contributed by atoms with van der Waals surface area (Å²) in [7, 11) is 0. The third-order valence-corrected chi connectivity index (χ3v) is 3.70. The number of aromatic nitrogens is 3. The number of nitrogens with zero attached hydrogens (tertiary/aromatic N) is 3. The molecule has 3 aromatic rings. The van der Waals surface area contributed by atoms with Crippen LogP contribution in [0, 0.1) is 0 Å². The van der Waals surface area contributed by atoms with Gasteiger partial charge in [-0.05, 0) is 37.5 Å². The number of aryl methyl sites for hydroxylation is 1. The molecule has 0 saturated heterocycles. The Morgan fingerprint density at radius 1 is 1.05 bits per heavy atom. The Balaban J connectivity index is 1.53. The lowest BCUT2D eigenvalue weighted by molar-refractivity contribution is 0.503. The van der Waals surface area contributed by atoms with Crippen molar-refractivity contribution in [1.29, 1.82) is 0 Å². The van der Waals surface area contributed by atoms with E-state index >= 15 is 0 Å². The lowest BCUT2D eigenvalue weighted by Crippen LogP contribution is -2.27. The molecule has 4 nitrogen and oxygen atoms in total. The van der Waals surface area contributed by atoms with Crippen molar-refractivity contribution in [2.45, 2.75) is 32.4 Å². The first-order valence-electron chi connectivity index (χ1n) is 7.39. The molecule has 0 aliphatic rings. The lowest BCUT2D eigenvalue weighted by atomic mass is 10.1. The van der Waals surface area contributed by atoms with E-state index in [0.717, 1.165) is 30.9 Å². The van der Waals surface area contributed by atoms with Crippen molar-refractivity contribution >= 4 is 5.65 Å². The van der Waals surface area contributed by atoms with Crippen LogP contribution >= 0.6 is 0 Å². The van der Waals surface area contributed by atoms with Crippen molar-refractivity contribution in [3.63, 3.8) is 0 Å². The molecule has 3 rings (SSSR count). The van der Waals surface area contributed by atoms with Crippen molar-refractivity contribution < 1.29 is 0 Å². The molecular formula is C17H20N4. The Hall–Kier alpha value is -2.20. The van der Waals surface area contributed by atoms with Crippen LogP contribution in [0.3, 0.4) is 0 Å². The molecule has 108 valence electrons. The molecule has 0 amide bonds. The van der Waals surface area contributed by atoms with Gasteiger partial charge in [-0.3, -0.25) is 4.40 Å². The van der Waals surface area contributed by atoms with Crippen LogP contribution in [-0.4, -0.2) is 20.6 Å². The van der Waals surface area contributed by atoms with Gasteiger partial charge < -0.3 is 5.32 Å². The number of hydrogen-bond donors (Lipinski definition) is 1. The van der Waals surface area contributed by atoms with Gasteiger partial charge in [0.25, 0.3) is 0 Å². The van der Waals surface area contributed by atoms with Gasteiger partial charge in [-0.15, -0.1) is 10.2 Å². The molecule has 0 saturated carbocycles. The number of pyridine rings is 1. The maximum absolute atomic E-state index is 4.24. The Labute approximate surface area is 124 Å². The minimum Gasteiger partial charge on any atom is -0.307 e. The van der Waals surface area contributed by atoms with Gasteiger partial charge in [0.15, 0.2) is 11.5 Å². The van der Waals surface area contributed by atoms with Gasteiger partial charge >= 0.3 is 0 Å². The summed E-state index contributed by atoms with van der Waals surface area (Å²) in [4.78, 5) is 0. The highest BCUT2D eigenvalue weighted by Gasteiger charge is 2.07. The predicted octanol–water partition coefficient (Wildman–Crippen LogP) is 2.84. The fourth-order valence-electron chi connectivity index (χ4n) is 2.41. The van der Waals surface area contributed by atoms with E-state index in [0.29, 0.717) is 6.04 Å².